The second-order valence-electron chi connectivity index (χ2n) is 5.33. The SMILES string of the molecule is CCC1CCCCN1Cc1cc2c(cc1Br)OCO2. The molecular formula is C15H20BrNO2. The van der Waals surface area contributed by atoms with Gasteiger partial charge in [0, 0.05) is 17.1 Å². The third kappa shape index (κ3) is 2.75. The van der Waals surface area contributed by atoms with Crippen molar-refractivity contribution >= 4 is 15.9 Å². The van der Waals surface area contributed by atoms with Gasteiger partial charge in [0.05, 0.1) is 0 Å². The number of likely N-dealkylation sites (tertiary alicyclic amines) is 1. The van der Waals surface area contributed by atoms with Crippen LogP contribution in [-0.4, -0.2) is 24.3 Å². The minimum absolute atomic E-state index is 0.340. The molecule has 1 aromatic carbocycles. The molecule has 0 aromatic heterocycles. The van der Waals surface area contributed by atoms with E-state index in [1.807, 2.05) is 6.07 Å². The number of hydrogen-bond acceptors (Lipinski definition) is 3. The number of rotatable bonds is 3. The molecule has 1 saturated heterocycles. The number of halogens is 1. The maximum Gasteiger partial charge on any atom is 0.231 e. The minimum Gasteiger partial charge on any atom is -0.454 e. The van der Waals surface area contributed by atoms with E-state index in [0.29, 0.717) is 6.79 Å². The molecule has 2 heterocycles. The summed E-state index contributed by atoms with van der Waals surface area (Å²) in [4.78, 5) is 2.60. The van der Waals surface area contributed by atoms with Gasteiger partial charge in [0.15, 0.2) is 11.5 Å². The molecule has 1 fully saturated rings. The Balaban J connectivity index is 1.78. The van der Waals surface area contributed by atoms with E-state index in [4.69, 9.17) is 9.47 Å². The quantitative estimate of drug-likeness (QED) is 0.840. The molecule has 3 nitrogen and oxygen atoms in total. The van der Waals surface area contributed by atoms with E-state index >= 15 is 0 Å². The van der Waals surface area contributed by atoms with E-state index < -0.39 is 0 Å². The van der Waals surface area contributed by atoms with Gasteiger partial charge in [-0.15, -0.1) is 0 Å². The molecule has 4 heteroatoms. The van der Waals surface area contributed by atoms with E-state index in [9.17, 15) is 0 Å². The molecule has 3 rings (SSSR count). The van der Waals surface area contributed by atoms with Gasteiger partial charge in [-0.1, -0.05) is 29.3 Å². The molecule has 0 saturated carbocycles. The molecule has 0 spiro atoms. The molecule has 0 bridgehead atoms. The average molecular weight is 326 g/mol. The van der Waals surface area contributed by atoms with Crippen molar-refractivity contribution in [3.05, 3.63) is 22.2 Å². The molecule has 19 heavy (non-hydrogen) atoms. The Hall–Kier alpha value is -0.740. The lowest BCUT2D eigenvalue weighted by Gasteiger charge is -2.35. The highest BCUT2D eigenvalue weighted by atomic mass is 79.9. The lowest BCUT2D eigenvalue weighted by Crippen LogP contribution is -2.38. The van der Waals surface area contributed by atoms with Crippen molar-refractivity contribution in [3.8, 4) is 11.5 Å². The van der Waals surface area contributed by atoms with E-state index in [1.165, 1.54) is 37.8 Å². The van der Waals surface area contributed by atoms with Crippen molar-refractivity contribution in [2.45, 2.75) is 45.2 Å². The molecule has 0 aliphatic carbocycles. The average Bonchev–Trinajstić information content (AvgIpc) is 2.87. The van der Waals surface area contributed by atoms with Gasteiger partial charge < -0.3 is 9.47 Å². The maximum absolute atomic E-state index is 5.47. The number of nitrogens with zero attached hydrogens (tertiary/aromatic N) is 1. The van der Waals surface area contributed by atoms with Crippen LogP contribution >= 0.6 is 15.9 Å². The summed E-state index contributed by atoms with van der Waals surface area (Å²) >= 11 is 3.66. The van der Waals surface area contributed by atoms with Crippen molar-refractivity contribution in [2.24, 2.45) is 0 Å². The highest BCUT2D eigenvalue weighted by molar-refractivity contribution is 9.10. The van der Waals surface area contributed by atoms with Gasteiger partial charge in [-0.3, -0.25) is 4.90 Å². The lowest BCUT2D eigenvalue weighted by atomic mass is 9.99. The Morgan fingerprint density at radius 1 is 1.26 bits per heavy atom. The van der Waals surface area contributed by atoms with Gasteiger partial charge in [0.25, 0.3) is 0 Å². The topological polar surface area (TPSA) is 21.7 Å². The van der Waals surface area contributed by atoms with Gasteiger partial charge in [0.1, 0.15) is 0 Å². The highest BCUT2D eigenvalue weighted by Gasteiger charge is 2.23. The Bertz CT molecular complexity index is 464. The van der Waals surface area contributed by atoms with Gasteiger partial charge >= 0.3 is 0 Å². The number of fused-ring (bicyclic) bond motifs is 1. The summed E-state index contributed by atoms with van der Waals surface area (Å²) in [6.07, 6.45) is 5.26. The van der Waals surface area contributed by atoms with Crippen molar-refractivity contribution in [2.75, 3.05) is 13.3 Å². The molecule has 1 atom stereocenters. The lowest BCUT2D eigenvalue weighted by molar-refractivity contribution is 0.136. The zero-order chi connectivity index (χ0) is 13.2. The predicted octanol–water partition coefficient (Wildman–Crippen LogP) is 3.94. The van der Waals surface area contributed by atoms with Crippen LogP contribution in [0.1, 0.15) is 38.2 Å². The molecule has 2 aliphatic heterocycles. The normalized spacial score (nSPS) is 22.7. The number of benzene rings is 1. The summed E-state index contributed by atoms with van der Waals surface area (Å²) in [6.45, 7) is 4.83. The number of hydrogen-bond donors (Lipinski definition) is 0. The number of piperidine rings is 1. The molecule has 0 radical (unpaired) electrons. The van der Waals surface area contributed by atoms with Crippen LogP contribution in [0.2, 0.25) is 0 Å². The Kier molecular flexibility index (Phi) is 3.99. The van der Waals surface area contributed by atoms with Crippen LogP contribution in [0.15, 0.2) is 16.6 Å². The molecule has 2 aliphatic rings. The molecular weight excluding hydrogens is 306 g/mol. The van der Waals surface area contributed by atoms with Gasteiger partial charge in [-0.05, 0) is 43.5 Å². The van der Waals surface area contributed by atoms with E-state index in [2.05, 4.69) is 33.8 Å². The molecule has 1 aromatic rings. The molecule has 0 N–H and O–H groups in total. The van der Waals surface area contributed by atoms with Crippen molar-refractivity contribution in [1.29, 1.82) is 0 Å². The monoisotopic (exact) mass is 325 g/mol. The van der Waals surface area contributed by atoms with E-state index in [1.54, 1.807) is 0 Å². The second-order valence-corrected chi connectivity index (χ2v) is 6.18. The summed E-state index contributed by atoms with van der Waals surface area (Å²) in [5, 5.41) is 0. The summed E-state index contributed by atoms with van der Waals surface area (Å²) in [5.41, 5.74) is 1.30. The fraction of sp³-hybridized carbons (Fsp3) is 0.600. The van der Waals surface area contributed by atoms with Crippen molar-refractivity contribution in [1.82, 2.24) is 4.90 Å². The third-order valence-corrected chi connectivity index (χ3v) is 4.87. The van der Waals surface area contributed by atoms with Gasteiger partial charge in [-0.2, -0.15) is 0 Å². The van der Waals surface area contributed by atoms with Crippen LogP contribution in [0.25, 0.3) is 0 Å². The zero-order valence-electron chi connectivity index (χ0n) is 11.3. The first-order valence-electron chi connectivity index (χ1n) is 7.10. The first kappa shape index (κ1) is 13.3. The zero-order valence-corrected chi connectivity index (χ0v) is 12.9. The standard InChI is InChI=1S/C15H20BrNO2/c1-2-12-5-3-4-6-17(12)9-11-7-14-15(8-13(11)16)19-10-18-14/h7-8,12H,2-6,9-10H2,1H3. The van der Waals surface area contributed by atoms with Crippen LogP contribution in [-0.2, 0) is 6.54 Å². The molecule has 1 unspecified atom stereocenters. The predicted molar refractivity (Wildman–Crippen MR) is 78.6 cm³/mol. The largest absolute Gasteiger partial charge is 0.454 e. The highest BCUT2D eigenvalue weighted by Crippen LogP contribution is 2.37. The molecule has 0 amide bonds. The number of ether oxygens (including phenoxy) is 2. The smallest absolute Gasteiger partial charge is 0.231 e. The van der Waals surface area contributed by atoms with Crippen LogP contribution in [0.4, 0.5) is 0 Å². The summed E-state index contributed by atoms with van der Waals surface area (Å²) in [5.74, 6) is 1.73. The van der Waals surface area contributed by atoms with E-state index in [-0.39, 0.29) is 0 Å². The summed E-state index contributed by atoms with van der Waals surface area (Å²) in [6, 6.07) is 4.88. The van der Waals surface area contributed by atoms with E-state index in [0.717, 1.165) is 28.6 Å². The van der Waals surface area contributed by atoms with Gasteiger partial charge in [0.2, 0.25) is 6.79 Å². The summed E-state index contributed by atoms with van der Waals surface area (Å²) in [7, 11) is 0. The van der Waals surface area contributed by atoms with Crippen LogP contribution in [0, 0.1) is 0 Å². The van der Waals surface area contributed by atoms with Crippen molar-refractivity contribution in [3.63, 3.8) is 0 Å². The van der Waals surface area contributed by atoms with Crippen LogP contribution in [0.3, 0.4) is 0 Å². The fourth-order valence-corrected chi connectivity index (χ4v) is 3.48. The van der Waals surface area contributed by atoms with Crippen molar-refractivity contribution < 1.29 is 9.47 Å². The second kappa shape index (κ2) is 5.71. The van der Waals surface area contributed by atoms with Crippen LogP contribution in [0.5, 0.6) is 11.5 Å². The van der Waals surface area contributed by atoms with Crippen LogP contribution < -0.4 is 9.47 Å². The first-order valence-corrected chi connectivity index (χ1v) is 7.89. The van der Waals surface area contributed by atoms with Gasteiger partial charge in [-0.25, -0.2) is 0 Å². The molecule has 104 valence electrons. The summed E-state index contributed by atoms with van der Waals surface area (Å²) < 4.78 is 12.0. The maximum atomic E-state index is 5.47. The Labute approximate surface area is 123 Å². The minimum atomic E-state index is 0.340. The Morgan fingerprint density at radius 3 is 2.84 bits per heavy atom. The fourth-order valence-electron chi connectivity index (χ4n) is 3.03. The first-order chi connectivity index (χ1) is 9.28. The Morgan fingerprint density at radius 2 is 2.05 bits per heavy atom. The third-order valence-electron chi connectivity index (χ3n) is 4.14.